The maximum absolute atomic E-state index is 12.5. The van der Waals surface area contributed by atoms with Gasteiger partial charge in [-0.05, 0) is 37.0 Å². The van der Waals surface area contributed by atoms with Crippen molar-refractivity contribution in [3.05, 3.63) is 18.2 Å². The van der Waals surface area contributed by atoms with Crippen molar-refractivity contribution >= 4 is 44.6 Å². The third-order valence-electron chi connectivity index (χ3n) is 5.55. The van der Waals surface area contributed by atoms with Crippen LogP contribution >= 0.6 is 11.8 Å². The van der Waals surface area contributed by atoms with Gasteiger partial charge in [0.2, 0.25) is 15.9 Å². The monoisotopic (exact) mass is 451 g/mol. The van der Waals surface area contributed by atoms with Gasteiger partial charge in [-0.15, -0.1) is 5.10 Å². The average molecular weight is 452 g/mol. The molecule has 0 bridgehead atoms. The summed E-state index contributed by atoms with van der Waals surface area (Å²) in [6, 6.07) is 4.86. The molecule has 0 radical (unpaired) electrons. The highest BCUT2D eigenvalue weighted by molar-refractivity contribution is 7.99. The number of aromatic nitrogens is 3. The van der Waals surface area contributed by atoms with Gasteiger partial charge in [0.1, 0.15) is 0 Å². The first-order valence-corrected chi connectivity index (χ1v) is 12.3. The molecule has 0 unspecified atom stereocenters. The number of hydrogen-bond acceptors (Lipinski definition) is 7. The van der Waals surface area contributed by atoms with E-state index in [0.29, 0.717) is 22.2 Å². The summed E-state index contributed by atoms with van der Waals surface area (Å²) in [4.78, 5) is 12.6. The van der Waals surface area contributed by atoms with Crippen LogP contribution in [0, 0.1) is 5.92 Å². The van der Waals surface area contributed by atoms with Gasteiger partial charge in [-0.1, -0.05) is 36.6 Å². The molecular weight excluding hydrogens is 426 g/mol. The minimum atomic E-state index is -3.59. The molecule has 0 spiro atoms. The van der Waals surface area contributed by atoms with Gasteiger partial charge < -0.3 is 9.73 Å². The highest BCUT2D eigenvalue weighted by Crippen LogP contribution is 2.28. The molecule has 162 valence electrons. The van der Waals surface area contributed by atoms with Crippen molar-refractivity contribution in [2.24, 2.45) is 5.92 Å². The van der Waals surface area contributed by atoms with E-state index in [1.165, 1.54) is 38.3 Å². The van der Waals surface area contributed by atoms with Crippen LogP contribution < -0.4 is 5.32 Å². The van der Waals surface area contributed by atoms with Crippen LogP contribution in [0.5, 0.6) is 0 Å². The number of fused-ring (bicyclic) bond motifs is 3. The average Bonchev–Trinajstić information content (AvgIpc) is 3.26. The maximum Gasteiger partial charge on any atom is 0.328 e. The lowest BCUT2D eigenvalue weighted by atomic mass is 9.86. The van der Waals surface area contributed by atoms with Crippen LogP contribution in [0.2, 0.25) is 0 Å². The van der Waals surface area contributed by atoms with Crippen molar-refractivity contribution in [2.75, 3.05) is 19.8 Å². The van der Waals surface area contributed by atoms with Crippen molar-refractivity contribution in [2.45, 2.75) is 48.7 Å². The zero-order chi connectivity index (χ0) is 21.5. The molecule has 3 aromatic rings. The van der Waals surface area contributed by atoms with Crippen LogP contribution in [0.15, 0.2) is 32.7 Å². The second-order valence-electron chi connectivity index (χ2n) is 7.84. The van der Waals surface area contributed by atoms with Crippen LogP contribution in [0.1, 0.15) is 32.6 Å². The van der Waals surface area contributed by atoms with E-state index in [1.807, 2.05) is 0 Å². The number of rotatable bonds is 6. The number of oxazole rings is 1. The summed E-state index contributed by atoms with van der Waals surface area (Å²) in [6.07, 6.45) is 4.52. The summed E-state index contributed by atoms with van der Waals surface area (Å²) in [5.41, 5.74) is 1.04. The van der Waals surface area contributed by atoms with Crippen molar-refractivity contribution in [3.63, 3.8) is 0 Å². The van der Waals surface area contributed by atoms with E-state index in [2.05, 4.69) is 22.4 Å². The lowest BCUT2D eigenvalue weighted by Crippen LogP contribution is -2.41. The van der Waals surface area contributed by atoms with Crippen LogP contribution in [-0.4, -0.2) is 59.1 Å². The smallest absolute Gasteiger partial charge is 0.328 e. The molecule has 1 amide bonds. The first-order chi connectivity index (χ1) is 14.3. The van der Waals surface area contributed by atoms with E-state index < -0.39 is 10.0 Å². The number of thioether (sulfide) groups is 1. The highest BCUT2D eigenvalue weighted by Gasteiger charge is 2.24. The van der Waals surface area contributed by atoms with E-state index in [9.17, 15) is 13.2 Å². The number of hydrogen-bond donors (Lipinski definition) is 1. The van der Waals surface area contributed by atoms with Crippen LogP contribution in [0.3, 0.4) is 0 Å². The first kappa shape index (κ1) is 21.1. The normalized spacial score (nSPS) is 20.3. The third-order valence-corrected chi connectivity index (χ3v) is 8.29. The van der Waals surface area contributed by atoms with Gasteiger partial charge in [-0.25, -0.2) is 17.1 Å². The van der Waals surface area contributed by atoms with E-state index in [-0.39, 0.29) is 28.4 Å². The second kappa shape index (κ2) is 8.20. The largest absolute Gasteiger partial charge is 0.422 e. The number of carbonyl (C=O) groups excluding carboxylic acids is 1. The van der Waals surface area contributed by atoms with E-state index in [1.54, 1.807) is 16.5 Å². The summed E-state index contributed by atoms with van der Waals surface area (Å²) in [7, 11) is -0.627. The standard InChI is InChI=1S/C19H25N5O4S2/c1-12-6-4-5-7-14(12)20-17(25)11-29-19-22-21-18-24(19)15-10-13(8-9-16(15)28-18)30(26,27)23(2)3/h8-10,12,14H,4-7,11H2,1-3H3,(H,20,25)/t12-,14+/m0/s1. The lowest BCUT2D eigenvalue weighted by Gasteiger charge is -2.29. The van der Waals surface area contributed by atoms with Crippen molar-refractivity contribution in [1.29, 1.82) is 0 Å². The second-order valence-corrected chi connectivity index (χ2v) is 10.9. The topological polar surface area (TPSA) is 110 Å². The molecule has 1 aliphatic carbocycles. The molecule has 2 heterocycles. The Morgan fingerprint density at radius 3 is 2.80 bits per heavy atom. The van der Waals surface area contributed by atoms with Gasteiger partial charge in [-0.3, -0.25) is 4.79 Å². The van der Waals surface area contributed by atoms with Crippen LogP contribution in [0.25, 0.3) is 16.9 Å². The number of benzene rings is 1. The fraction of sp³-hybridized carbons (Fsp3) is 0.526. The number of nitrogens with one attached hydrogen (secondary N) is 1. The third kappa shape index (κ3) is 3.93. The Bertz CT molecular complexity index is 1180. The van der Waals surface area contributed by atoms with Crippen LogP contribution in [0.4, 0.5) is 0 Å². The molecule has 4 rings (SSSR count). The Morgan fingerprint density at radius 2 is 2.07 bits per heavy atom. The molecule has 0 aliphatic heterocycles. The molecule has 1 fully saturated rings. The molecule has 0 saturated heterocycles. The molecule has 1 N–H and O–H groups in total. The van der Waals surface area contributed by atoms with E-state index >= 15 is 0 Å². The quantitative estimate of drug-likeness (QED) is 0.574. The molecule has 1 saturated carbocycles. The summed E-state index contributed by atoms with van der Waals surface area (Å²) in [5.74, 6) is 0.904. The number of nitrogens with zero attached hydrogens (tertiary/aromatic N) is 4. The Labute approximate surface area is 179 Å². The fourth-order valence-corrected chi connectivity index (χ4v) is 5.43. The number of sulfonamides is 1. The molecule has 1 aromatic carbocycles. The van der Waals surface area contributed by atoms with Gasteiger partial charge in [0, 0.05) is 20.1 Å². The predicted molar refractivity (Wildman–Crippen MR) is 114 cm³/mol. The van der Waals surface area contributed by atoms with Crippen molar-refractivity contribution in [3.8, 4) is 0 Å². The number of amides is 1. The molecular formula is C19H25N5O4S2. The first-order valence-electron chi connectivity index (χ1n) is 9.90. The summed E-state index contributed by atoms with van der Waals surface area (Å²) in [6.45, 7) is 2.18. The molecule has 1 aliphatic rings. The molecule has 30 heavy (non-hydrogen) atoms. The maximum atomic E-state index is 12.5. The number of carbonyl (C=O) groups is 1. The highest BCUT2D eigenvalue weighted by atomic mass is 32.2. The Kier molecular flexibility index (Phi) is 5.78. The van der Waals surface area contributed by atoms with E-state index in [4.69, 9.17) is 4.42 Å². The fourth-order valence-electron chi connectivity index (χ4n) is 3.76. The minimum absolute atomic E-state index is 0.0424. The predicted octanol–water partition coefficient (Wildman–Crippen LogP) is 2.51. The lowest BCUT2D eigenvalue weighted by molar-refractivity contribution is -0.119. The van der Waals surface area contributed by atoms with E-state index in [0.717, 1.165) is 23.6 Å². The Morgan fingerprint density at radius 1 is 1.30 bits per heavy atom. The molecule has 9 nitrogen and oxygen atoms in total. The Hall–Kier alpha value is -2.11. The summed E-state index contributed by atoms with van der Waals surface area (Å²) < 4.78 is 33.4. The minimum Gasteiger partial charge on any atom is -0.422 e. The zero-order valence-corrected chi connectivity index (χ0v) is 18.8. The van der Waals surface area contributed by atoms with Crippen molar-refractivity contribution < 1.29 is 17.6 Å². The van der Waals surface area contributed by atoms with Gasteiger partial charge in [0.15, 0.2) is 10.7 Å². The van der Waals surface area contributed by atoms with Crippen molar-refractivity contribution in [1.82, 2.24) is 24.2 Å². The summed E-state index contributed by atoms with van der Waals surface area (Å²) in [5, 5.41) is 11.7. The molecule has 2 aromatic heterocycles. The molecule has 11 heteroatoms. The zero-order valence-electron chi connectivity index (χ0n) is 17.2. The van der Waals surface area contributed by atoms with Crippen LogP contribution in [-0.2, 0) is 14.8 Å². The van der Waals surface area contributed by atoms with Gasteiger partial charge >= 0.3 is 5.84 Å². The molecule has 2 atom stereocenters. The van der Waals surface area contributed by atoms with Gasteiger partial charge in [-0.2, -0.15) is 0 Å². The van der Waals surface area contributed by atoms with Gasteiger partial charge in [0.05, 0.1) is 16.2 Å². The Balaban J connectivity index is 1.56. The summed E-state index contributed by atoms with van der Waals surface area (Å²) >= 11 is 1.25. The van der Waals surface area contributed by atoms with Gasteiger partial charge in [0.25, 0.3) is 0 Å². The SMILES string of the molecule is C[C@H]1CCCC[C@H]1NC(=O)CSc1nnc2oc3ccc(S(=O)(=O)N(C)C)cc3n12.